The van der Waals surface area contributed by atoms with Gasteiger partial charge < -0.3 is 9.88 Å². The summed E-state index contributed by atoms with van der Waals surface area (Å²) >= 11 is 0. The van der Waals surface area contributed by atoms with Gasteiger partial charge in [-0.1, -0.05) is 12.1 Å². The van der Waals surface area contributed by atoms with Crippen LogP contribution in [0, 0.1) is 0 Å². The van der Waals surface area contributed by atoms with Gasteiger partial charge in [-0.25, -0.2) is 9.97 Å². The highest BCUT2D eigenvalue weighted by molar-refractivity contribution is 5.34. The number of benzene rings is 1. The third kappa shape index (κ3) is 3.76. The van der Waals surface area contributed by atoms with Gasteiger partial charge in [-0.2, -0.15) is 5.10 Å². The first kappa shape index (κ1) is 13.5. The van der Waals surface area contributed by atoms with Gasteiger partial charge in [-0.3, -0.25) is 5.10 Å². The van der Waals surface area contributed by atoms with Crippen LogP contribution in [0.3, 0.4) is 0 Å². The predicted molar refractivity (Wildman–Crippen MR) is 80.0 cm³/mol. The van der Waals surface area contributed by atoms with Crippen LogP contribution in [0.15, 0.2) is 49.3 Å². The molecule has 0 saturated heterocycles. The quantitative estimate of drug-likeness (QED) is 0.647. The Labute approximate surface area is 123 Å². The van der Waals surface area contributed by atoms with Crippen LogP contribution in [0.1, 0.15) is 17.8 Å². The lowest BCUT2D eigenvalue weighted by molar-refractivity contribution is 0.639. The number of aromatic amines is 1. The van der Waals surface area contributed by atoms with E-state index in [-0.39, 0.29) is 0 Å². The first-order valence-corrected chi connectivity index (χ1v) is 7.04. The van der Waals surface area contributed by atoms with Crippen molar-refractivity contribution < 1.29 is 0 Å². The molecule has 1 aromatic carbocycles. The summed E-state index contributed by atoms with van der Waals surface area (Å²) in [5.74, 6) is 0.946. The molecular weight excluding hydrogens is 264 g/mol. The van der Waals surface area contributed by atoms with Gasteiger partial charge in [0.15, 0.2) is 0 Å². The van der Waals surface area contributed by atoms with Crippen molar-refractivity contribution in [3.05, 3.63) is 60.7 Å². The zero-order chi connectivity index (χ0) is 14.3. The van der Waals surface area contributed by atoms with E-state index in [0.29, 0.717) is 0 Å². The summed E-state index contributed by atoms with van der Waals surface area (Å²) in [5, 5.41) is 10.1. The second kappa shape index (κ2) is 6.81. The van der Waals surface area contributed by atoms with E-state index < -0.39 is 0 Å². The SMILES string of the molecule is c1cn(-c2ccc(CNCCCc3ncn[nH]3)cc2)cn1. The first-order chi connectivity index (χ1) is 10.4. The van der Waals surface area contributed by atoms with Crippen LogP contribution in [0.4, 0.5) is 0 Å². The maximum absolute atomic E-state index is 4.10. The van der Waals surface area contributed by atoms with Gasteiger partial charge in [0.1, 0.15) is 12.2 Å². The van der Waals surface area contributed by atoms with Crippen molar-refractivity contribution in [2.24, 2.45) is 0 Å². The number of imidazole rings is 1. The molecule has 3 rings (SSSR count). The fraction of sp³-hybridized carbons (Fsp3) is 0.267. The van der Waals surface area contributed by atoms with E-state index in [4.69, 9.17) is 0 Å². The molecule has 108 valence electrons. The van der Waals surface area contributed by atoms with Crippen LogP contribution in [0.5, 0.6) is 0 Å². The molecule has 6 heteroatoms. The van der Waals surface area contributed by atoms with Crippen molar-refractivity contribution in [2.75, 3.05) is 6.54 Å². The normalized spacial score (nSPS) is 10.9. The van der Waals surface area contributed by atoms with Gasteiger partial charge in [0.05, 0.1) is 6.33 Å². The zero-order valence-corrected chi connectivity index (χ0v) is 11.7. The summed E-state index contributed by atoms with van der Waals surface area (Å²) in [4.78, 5) is 8.15. The summed E-state index contributed by atoms with van der Waals surface area (Å²) in [5.41, 5.74) is 2.40. The molecule has 0 saturated carbocycles. The summed E-state index contributed by atoms with van der Waals surface area (Å²) in [6, 6.07) is 8.48. The summed E-state index contributed by atoms with van der Waals surface area (Å²) in [7, 11) is 0. The number of rotatable bonds is 7. The van der Waals surface area contributed by atoms with Crippen LogP contribution in [0.2, 0.25) is 0 Å². The molecule has 2 heterocycles. The van der Waals surface area contributed by atoms with Gasteiger partial charge in [0, 0.05) is 31.0 Å². The lowest BCUT2D eigenvalue weighted by Crippen LogP contribution is -2.15. The number of nitrogens with zero attached hydrogens (tertiary/aromatic N) is 4. The van der Waals surface area contributed by atoms with Crippen molar-refractivity contribution >= 4 is 0 Å². The molecule has 21 heavy (non-hydrogen) atoms. The molecule has 0 unspecified atom stereocenters. The Balaban J connectivity index is 1.41. The van der Waals surface area contributed by atoms with E-state index >= 15 is 0 Å². The van der Waals surface area contributed by atoms with Gasteiger partial charge in [-0.05, 0) is 30.7 Å². The number of nitrogens with one attached hydrogen (secondary N) is 2. The van der Waals surface area contributed by atoms with Crippen molar-refractivity contribution in [2.45, 2.75) is 19.4 Å². The van der Waals surface area contributed by atoms with E-state index in [1.165, 1.54) is 5.56 Å². The van der Waals surface area contributed by atoms with Crippen LogP contribution in [-0.2, 0) is 13.0 Å². The molecule has 0 atom stereocenters. The van der Waals surface area contributed by atoms with E-state index in [1.807, 2.05) is 10.8 Å². The van der Waals surface area contributed by atoms with Crippen LogP contribution in [-0.4, -0.2) is 31.3 Å². The fourth-order valence-electron chi connectivity index (χ4n) is 2.16. The molecule has 0 aliphatic rings. The second-order valence-corrected chi connectivity index (χ2v) is 4.85. The molecule has 6 nitrogen and oxygen atoms in total. The summed E-state index contributed by atoms with van der Waals surface area (Å²) in [6.45, 7) is 1.84. The lowest BCUT2D eigenvalue weighted by Gasteiger charge is -2.06. The molecule has 0 aliphatic carbocycles. The molecule has 3 aromatic rings. The van der Waals surface area contributed by atoms with Crippen molar-refractivity contribution in [1.82, 2.24) is 30.0 Å². The van der Waals surface area contributed by atoms with E-state index in [9.17, 15) is 0 Å². The van der Waals surface area contributed by atoms with Gasteiger partial charge >= 0.3 is 0 Å². The second-order valence-electron chi connectivity index (χ2n) is 4.85. The van der Waals surface area contributed by atoms with E-state index in [1.54, 1.807) is 18.9 Å². The topological polar surface area (TPSA) is 71.4 Å². The first-order valence-electron chi connectivity index (χ1n) is 7.04. The minimum Gasteiger partial charge on any atom is -0.313 e. The highest BCUT2D eigenvalue weighted by Gasteiger charge is 1.98. The summed E-state index contributed by atoms with van der Waals surface area (Å²) in [6.07, 6.45) is 9.04. The minimum absolute atomic E-state index is 0.876. The predicted octanol–water partition coefficient (Wildman–Crippen LogP) is 1.71. The molecule has 2 N–H and O–H groups in total. The van der Waals surface area contributed by atoms with Gasteiger partial charge in [-0.15, -0.1) is 0 Å². The lowest BCUT2D eigenvalue weighted by atomic mass is 10.2. The monoisotopic (exact) mass is 282 g/mol. The zero-order valence-electron chi connectivity index (χ0n) is 11.7. The number of hydrogen-bond donors (Lipinski definition) is 2. The Kier molecular flexibility index (Phi) is 4.38. The van der Waals surface area contributed by atoms with Crippen LogP contribution in [0.25, 0.3) is 5.69 Å². The Bertz CT molecular complexity index is 627. The largest absolute Gasteiger partial charge is 0.313 e. The molecule has 2 aromatic heterocycles. The molecule has 0 fully saturated rings. The molecule has 0 radical (unpaired) electrons. The Hall–Kier alpha value is -2.47. The van der Waals surface area contributed by atoms with Gasteiger partial charge in [0.2, 0.25) is 0 Å². The number of aryl methyl sites for hydroxylation is 1. The van der Waals surface area contributed by atoms with Crippen LogP contribution >= 0.6 is 0 Å². The molecule has 0 aliphatic heterocycles. The average Bonchev–Trinajstić information content (AvgIpc) is 3.21. The van der Waals surface area contributed by atoms with Crippen molar-refractivity contribution in [1.29, 1.82) is 0 Å². The van der Waals surface area contributed by atoms with E-state index in [0.717, 1.165) is 37.4 Å². The maximum atomic E-state index is 4.10. The Morgan fingerprint density at radius 3 is 2.81 bits per heavy atom. The maximum Gasteiger partial charge on any atom is 0.137 e. The Morgan fingerprint density at radius 2 is 2.10 bits per heavy atom. The highest BCUT2D eigenvalue weighted by Crippen LogP contribution is 2.09. The van der Waals surface area contributed by atoms with E-state index in [2.05, 4.69) is 49.7 Å². The van der Waals surface area contributed by atoms with Crippen LogP contribution < -0.4 is 5.32 Å². The van der Waals surface area contributed by atoms with Crippen molar-refractivity contribution in [3.8, 4) is 5.69 Å². The molecular formula is C15H18N6. The molecule has 0 amide bonds. The number of H-pyrrole nitrogens is 1. The highest BCUT2D eigenvalue weighted by atomic mass is 15.2. The average molecular weight is 282 g/mol. The number of hydrogen-bond acceptors (Lipinski definition) is 4. The smallest absolute Gasteiger partial charge is 0.137 e. The van der Waals surface area contributed by atoms with Gasteiger partial charge in [0.25, 0.3) is 0 Å². The molecule has 0 bridgehead atoms. The number of aromatic nitrogens is 5. The standard InChI is InChI=1S/C15H18N6/c1(2-15-18-11-19-20-15)7-16-10-13-3-5-14(6-4-13)21-9-8-17-12-21/h3-6,8-9,11-12,16H,1-2,7,10H2,(H,18,19,20). The fourth-order valence-corrected chi connectivity index (χ4v) is 2.16. The molecule has 0 spiro atoms. The third-order valence-electron chi connectivity index (χ3n) is 3.30. The van der Waals surface area contributed by atoms with Crippen molar-refractivity contribution in [3.63, 3.8) is 0 Å². The minimum atomic E-state index is 0.876. The third-order valence-corrected chi connectivity index (χ3v) is 3.30. The summed E-state index contributed by atoms with van der Waals surface area (Å²) < 4.78 is 1.99. The Morgan fingerprint density at radius 1 is 1.19 bits per heavy atom.